The Bertz CT molecular complexity index is 715. The lowest BCUT2D eigenvalue weighted by atomic mass is 9.92. The Kier molecular flexibility index (Phi) is 3.74. The summed E-state index contributed by atoms with van der Waals surface area (Å²) in [6, 6.07) is 16.5. The molecule has 1 aliphatic heterocycles. The minimum atomic E-state index is -1.01. The molecule has 0 aromatic heterocycles. The van der Waals surface area contributed by atoms with Gasteiger partial charge >= 0.3 is 6.03 Å². The summed E-state index contributed by atoms with van der Waals surface area (Å²) < 4.78 is 0.961. The normalized spacial score (nSPS) is 21.1. The van der Waals surface area contributed by atoms with Gasteiger partial charge in [-0.25, -0.2) is 4.79 Å². The number of imide groups is 1. The Labute approximate surface area is 137 Å². The van der Waals surface area contributed by atoms with Crippen molar-refractivity contribution in [2.45, 2.75) is 19.0 Å². The number of benzene rings is 2. The van der Waals surface area contributed by atoms with E-state index in [1.165, 1.54) is 4.90 Å². The van der Waals surface area contributed by atoms with Crippen LogP contribution in [0.1, 0.15) is 18.1 Å². The van der Waals surface area contributed by atoms with Crippen molar-refractivity contribution >= 4 is 27.9 Å². The predicted molar refractivity (Wildman–Crippen MR) is 87.0 cm³/mol. The molecule has 2 aromatic carbocycles. The van der Waals surface area contributed by atoms with Crippen LogP contribution in [0.15, 0.2) is 59.1 Å². The second-order valence-corrected chi connectivity index (χ2v) is 6.35. The summed E-state index contributed by atoms with van der Waals surface area (Å²) in [5.74, 6) is -0.230. The van der Waals surface area contributed by atoms with Crippen LogP contribution in [-0.2, 0) is 16.9 Å². The smallest absolute Gasteiger partial charge is 0.319 e. The summed E-state index contributed by atoms with van der Waals surface area (Å²) in [7, 11) is 0. The van der Waals surface area contributed by atoms with Crippen molar-refractivity contribution in [2.75, 3.05) is 0 Å². The third kappa shape index (κ3) is 2.52. The molecule has 1 aliphatic rings. The Morgan fingerprint density at radius 2 is 1.68 bits per heavy atom. The lowest BCUT2D eigenvalue weighted by Gasteiger charge is -2.22. The number of nitrogens with zero attached hydrogens (tertiary/aromatic N) is 1. The summed E-state index contributed by atoms with van der Waals surface area (Å²) in [6.07, 6.45) is 0. The zero-order valence-corrected chi connectivity index (χ0v) is 13.6. The Hall–Kier alpha value is -2.14. The molecular formula is C17H15BrN2O2. The molecule has 0 aliphatic carbocycles. The maximum atomic E-state index is 12.7. The van der Waals surface area contributed by atoms with Gasteiger partial charge in [-0.15, -0.1) is 0 Å². The van der Waals surface area contributed by atoms with E-state index in [1.807, 2.05) is 54.6 Å². The van der Waals surface area contributed by atoms with E-state index < -0.39 is 5.54 Å². The summed E-state index contributed by atoms with van der Waals surface area (Å²) >= 11 is 3.37. The van der Waals surface area contributed by atoms with Crippen molar-refractivity contribution in [3.8, 4) is 0 Å². The van der Waals surface area contributed by atoms with Crippen LogP contribution in [-0.4, -0.2) is 16.8 Å². The molecule has 1 unspecified atom stereocenters. The molecule has 1 atom stereocenters. The number of carbonyl (C=O) groups excluding carboxylic acids is 2. The molecule has 0 saturated carbocycles. The van der Waals surface area contributed by atoms with Gasteiger partial charge in [0, 0.05) is 4.47 Å². The fraction of sp³-hybridized carbons (Fsp3) is 0.176. The highest BCUT2D eigenvalue weighted by Crippen LogP contribution is 2.29. The lowest BCUT2D eigenvalue weighted by molar-refractivity contribution is -0.131. The molecule has 1 N–H and O–H groups in total. The highest BCUT2D eigenvalue weighted by molar-refractivity contribution is 9.10. The summed E-state index contributed by atoms with van der Waals surface area (Å²) in [4.78, 5) is 26.2. The number of amides is 3. The molecule has 5 heteroatoms. The number of nitrogens with one attached hydrogen (secondary N) is 1. The number of halogens is 1. The quantitative estimate of drug-likeness (QED) is 0.854. The van der Waals surface area contributed by atoms with Gasteiger partial charge in [0.2, 0.25) is 0 Å². The van der Waals surface area contributed by atoms with Gasteiger partial charge in [0.25, 0.3) is 5.91 Å². The molecule has 22 heavy (non-hydrogen) atoms. The maximum Gasteiger partial charge on any atom is 0.325 e. The fourth-order valence-corrected chi connectivity index (χ4v) is 2.84. The van der Waals surface area contributed by atoms with Crippen LogP contribution >= 0.6 is 15.9 Å². The number of urea groups is 1. The van der Waals surface area contributed by atoms with Crippen LogP contribution in [0.5, 0.6) is 0 Å². The van der Waals surface area contributed by atoms with Crippen LogP contribution in [0.4, 0.5) is 4.79 Å². The van der Waals surface area contributed by atoms with Crippen molar-refractivity contribution in [2.24, 2.45) is 0 Å². The molecule has 112 valence electrons. The SMILES string of the molecule is CC1(c2ccccc2)NC(=O)N(Cc2ccc(Br)cc2)C1=O. The van der Waals surface area contributed by atoms with Gasteiger partial charge in [-0.2, -0.15) is 0 Å². The monoisotopic (exact) mass is 358 g/mol. The molecule has 3 rings (SSSR count). The van der Waals surface area contributed by atoms with Crippen molar-refractivity contribution in [1.29, 1.82) is 0 Å². The minimum absolute atomic E-state index is 0.230. The van der Waals surface area contributed by atoms with Gasteiger partial charge in [0.05, 0.1) is 6.54 Å². The summed E-state index contributed by atoms with van der Waals surface area (Å²) in [5, 5.41) is 2.81. The van der Waals surface area contributed by atoms with Crippen LogP contribution in [0, 0.1) is 0 Å². The first kappa shape index (κ1) is 14.8. The van der Waals surface area contributed by atoms with Gasteiger partial charge in [0.15, 0.2) is 0 Å². The van der Waals surface area contributed by atoms with Crippen LogP contribution < -0.4 is 5.32 Å². The van der Waals surface area contributed by atoms with Crippen molar-refractivity contribution in [3.05, 3.63) is 70.2 Å². The number of carbonyl (C=O) groups is 2. The molecule has 1 saturated heterocycles. The fourth-order valence-electron chi connectivity index (χ4n) is 2.58. The van der Waals surface area contributed by atoms with E-state index in [2.05, 4.69) is 21.2 Å². The lowest BCUT2D eigenvalue weighted by Crippen LogP contribution is -2.40. The standard InChI is InChI=1S/C17H15BrN2O2/c1-17(13-5-3-2-4-6-13)15(21)20(16(22)19-17)11-12-7-9-14(18)10-8-12/h2-10H,11H2,1H3,(H,19,22). The molecule has 3 amide bonds. The van der Waals surface area contributed by atoms with Crippen LogP contribution in [0.3, 0.4) is 0 Å². The van der Waals surface area contributed by atoms with Gasteiger partial charge in [-0.05, 0) is 30.2 Å². The molecule has 2 aromatic rings. The zero-order chi connectivity index (χ0) is 15.7. The molecular weight excluding hydrogens is 344 g/mol. The Morgan fingerprint density at radius 1 is 1.05 bits per heavy atom. The van der Waals surface area contributed by atoms with Gasteiger partial charge in [-0.1, -0.05) is 58.4 Å². The second kappa shape index (κ2) is 5.57. The third-order valence-corrected chi connectivity index (χ3v) is 4.41. The average Bonchev–Trinajstić information content (AvgIpc) is 2.75. The van der Waals surface area contributed by atoms with E-state index >= 15 is 0 Å². The highest BCUT2D eigenvalue weighted by Gasteiger charge is 2.48. The molecule has 4 nitrogen and oxygen atoms in total. The Balaban J connectivity index is 1.87. The topological polar surface area (TPSA) is 49.4 Å². The molecule has 0 bridgehead atoms. The first-order chi connectivity index (χ1) is 10.5. The third-order valence-electron chi connectivity index (χ3n) is 3.88. The van der Waals surface area contributed by atoms with Crippen molar-refractivity contribution < 1.29 is 9.59 Å². The average molecular weight is 359 g/mol. The Morgan fingerprint density at radius 3 is 2.32 bits per heavy atom. The molecule has 0 radical (unpaired) electrons. The second-order valence-electron chi connectivity index (χ2n) is 5.44. The van der Waals surface area contributed by atoms with Crippen LogP contribution in [0.2, 0.25) is 0 Å². The number of rotatable bonds is 3. The molecule has 1 fully saturated rings. The first-order valence-corrected chi connectivity index (χ1v) is 7.74. The zero-order valence-electron chi connectivity index (χ0n) is 12.0. The molecule has 0 spiro atoms. The van der Waals surface area contributed by atoms with Gasteiger partial charge < -0.3 is 5.32 Å². The van der Waals surface area contributed by atoms with E-state index in [1.54, 1.807) is 6.92 Å². The van der Waals surface area contributed by atoms with E-state index in [-0.39, 0.29) is 18.5 Å². The van der Waals surface area contributed by atoms with E-state index in [4.69, 9.17) is 0 Å². The minimum Gasteiger partial charge on any atom is -0.319 e. The number of hydrogen-bond acceptors (Lipinski definition) is 2. The maximum absolute atomic E-state index is 12.7. The van der Waals surface area contributed by atoms with Crippen molar-refractivity contribution in [1.82, 2.24) is 10.2 Å². The number of hydrogen-bond donors (Lipinski definition) is 1. The predicted octanol–water partition coefficient (Wildman–Crippen LogP) is 3.42. The van der Waals surface area contributed by atoms with Gasteiger partial charge in [0.1, 0.15) is 5.54 Å². The van der Waals surface area contributed by atoms with Crippen molar-refractivity contribution in [3.63, 3.8) is 0 Å². The molecule has 1 heterocycles. The highest BCUT2D eigenvalue weighted by atomic mass is 79.9. The summed E-state index contributed by atoms with van der Waals surface area (Å²) in [6.45, 7) is 2.00. The van der Waals surface area contributed by atoms with Gasteiger partial charge in [-0.3, -0.25) is 9.69 Å². The van der Waals surface area contributed by atoms with E-state index in [0.29, 0.717) is 0 Å². The van der Waals surface area contributed by atoms with E-state index in [0.717, 1.165) is 15.6 Å². The summed E-state index contributed by atoms with van der Waals surface area (Å²) in [5.41, 5.74) is 0.684. The largest absolute Gasteiger partial charge is 0.325 e. The van der Waals surface area contributed by atoms with E-state index in [9.17, 15) is 9.59 Å². The first-order valence-electron chi connectivity index (χ1n) is 6.95. The van der Waals surface area contributed by atoms with Crippen LogP contribution in [0.25, 0.3) is 0 Å².